The lowest BCUT2D eigenvalue weighted by atomic mass is 9.97. The molecule has 1 aliphatic heterocycles. The van der Waals surface area contributed by atoms with Gasteiger partial charge in [0.1, 0.15) is 0 Å². The fraction of sp³-hybridized carbons (Fsp3) is 0.381. The molecule has 2 rings (SSSR count). The van der Waals surface area contributed by atoms with E-state index >= 15 is 0 Å². The number of hydrogen-bond donors (Lipinski definition) is 0. The Morgan fingerprint density at radius 1 is 1.29 bits per heavy atom. The average molecular weight is 326 g/mol. The molecule has 3 nitrogen and oxygen atoms in total. The maximum Gasteiger partial charge on any atom is 0.197 e. The molecule has 1 aliphatic rings. The van der Waals surface area contributed by atoms with Gasteiger partial charge < -0.3 is 9.80 Å². The van der Waals surface area contributed by atoms with Crippen LogP contribution in [0.1, 0.15) is 32.4 Å². The molecule has 0 N–H and O–H groups in total. The van der Waals surface area contributed by atoms with Crippen LogP contribution in [0.2, 0.25) is 0 Å². The van der Waals surface area contributed by atoms with E-state index in [9.17, 15) is 0 Å². The van der Waals surface area contributed by atoms with Crippen LogP contribution in [0, 0.1) is 0 Å². The summed E-state index contributed by atoms with van der Waals surface area (Å²) < 4.78 is 0. The molecule has 1 aromatic rings. The second-order valence-electron chi connectivity index (χ2n) is 5.63. The van der Waals surface area contributed by atoms with Gasteiger partial charge in [0.25, 0.3) is 0 Å². The lowest BCUT2D eigenvalue weighted by molar-refractivity contribution is 0.336. The smallest absolute Gasteiger partial charge is 0.197 e. The fourth-order valence-corrected chi connectivity index (χ4v) is 2.80. The summed E-state index contributed by atoms with van der Waals surface area (Å²) >= 11 is 0. The minimum absolute atomic E-state index is 0.0724. The molecule has 0 amide bonds. The second kappa shape index (κ2) is 9.76. The van der Waals surface area contributed by atoms with Gasteiger partial charge in [-0.25, -0.2) is 0 Å². The Bertz CT molecular complexity index is 586. The second-order valence-corrected chi connectivity index (χ2v) is 5.63. The molecule has 24 heavy (non-hydrogen) atoms. The molecular weight excluding hydrogens is 294 g/mol. The Morgan fingerprint density at radius 3 is 2.38 bits per heavy atom. The molecule has 0 aromatic heterocycles. The summed E-state index contributed by atoms with van der Waals surface area (Å²) in [6, 6.07) is 10.9. The van der Waals surface area contributed by atoms with Crippen LogP contribution in [0.5, 0.6) is 0 Å². The van der Waals surface area contributed by atoms with Crippen LogP contribution in [0.3, 0.4) is 0 Å². The van der Waals surface area contributed by atoms with Crippen molar-refractivity contribution in [2.24, 2.45) is 4.99 Å². The standard InChI is InChI=1S/C19H25N3.C2H6/c1-6-11-16(7-2)18(17-12-9-8-10-13-17)22(5)19-20-14-15(3)21(19)4;1-2/h6-13,15,18H,1-2,14H2,3-5H3;1-2H3/b16-11+;. The van der Waals surface area contributed by atoms with Gasteiger partial charge >= 0.3 is 0 Å². The van der Waals surface area contributed by atoms with E-state index in [4.69, 9.17) is 4.99 Å². The van der Waals surface area contributed by atoms with Crippen molar-refractivity contribution in [1.29, 1.82) is 0 Å². The molecule has 0 bridgehead atoms. The third-order valence-electron chi connectivity index (χ3n) is 4.15. The van der Waals surface area contributed by atoms with Crippen LogP contribution in [0.25, 0.3) is 0 Å². The van der Waals surface area contributed by atoms with Gasteiger partial charge in [-0.2, -0.15) is 0 Å². The van der Waals surface area contributed by atoms with Crippen molar-refractivity contribution >= 4 is 5.96 Å². The van der Waals surface area contributed by atoms with Gasteiger partial charge in [-0.05, 0) is 18.1 Å². The molecule has 1 aromatic carbocycles. The summed E-state index contributed by atoms with van der Waals surface area (Å²) in [6.45, 7) is 14.8. The first-order valence-corrected chi connectivity index (χ1v) is 8.60. The van der Waals surface area contributed by atoms with Crippen molar-refractivity contribution in [2.45, 2.75) is 32.9 Å². The topological polar surface area (TPSA) is 18.8 Å². The van der Waals surface area contributed by atoms with E-state index < -0.39 is 0 Å². The first-order valence-electron chi connectivity index (χ1n) is 8.60. The molecule has 2 atom stereocenters. The highest BCUT2D eigenvalue weighted by Gasteiger charge is 2.29. The Kier molecular flexibility index (Phi) is 8.03. The predicted molar refractivity (Wildman–Crippen MR) is 106 cm³/mol. The van der Waals surface area contributed by atoms with E-state index in [0.717, 1.165) is 18.1 Å². The van der Waals surface area contributed by atoms with Gasteiger partial charge in [-0.3, -0.25) is 4.99 Å². The van der Waals surface area contributed by atoms with Crippen LogP contribution in [-0.4, -0.2) is 42.4 Å². The third kappa shape index (κ3) is 4.38. The molecule has 0 radical (unpaired) electrons. The molecule has 1 heterocycles. The molecule has 0 saturated carbocycles. The van der Waals surface area contributed by atoms with Crippen LogP contribution in [0.4, 0.5) is 0 Å². The fourth-order valence-electron chi connectivity index (χ4n) is 2.80. The van der Waals surface area contributed by atoms with Gasteiger partial charge in [-0.1, -0.05) is 75.6 Å². The van der Waals surface area contributed by atoms with E-state index in [2.05, 4.69) is 68.2 Å². The first kappa shape index (κ1) is 19.8. The third-order valence-corrected chi connectivity index (χ3v) is 4.15. The van der Waals surface area contributed by atoms with Gasteiger partial charge in [0.05, 0.1) is 12.6 Å². The number of likely N-dealkylation sites (N-methyl/N-ethyl adjacent to an activating group) is 2. The molecule has 0 spiro atoms. The van der Waals surface area contributed by atoms with Crippen molar-refractivity contribution in [2.75, 3.05) is 20.6 Å². The lowest BCUT2D eigenvalue weighted by Crippen LogP contribution is -2.42. The molecule has 130 valence electrons. The summed E-state index contributed by atoms with van der Waals surface area (Å²) in [5.74, 6) is 1.01. The summed E-state index contributed by atoms with van der Waals surface area (Å²) in [6.07, 6.45) is 5.72. The van der Waals surface area contributed by atoms with E-state index in [0.29, 0.717) is 6.04 Å². The number of rotatable bonds is 5. The van der Waals surface area contributed by atoms with Crippen molar-refractivity contribution in [1.82, 2.24) is 9.80 Å². The van der Waals surface area contributed by atoms with Crippen LogP contribution in [-0.2, 0) is 0 Å². The number of nitrogens with zero attached hydrogens (tertiary/aromatic N) is 3. The normalized spacial score (nSPS) is 18.2. The van der Waals surface area contributed by atoms with Crippen molar-refractivity contribution in [3.05, 3.63) is 72.9 Å². The zero-order valence-electron chi connectivity index (χ0n) is 15.7. The zero-order chi connectivity index (χ0) is 18.1. The van der Waals surface area contributed by atoms with Gasteiger partial charge in [-0.15, -0.1) is 0 Å². The van der Waals surface area contributed by atoms with Crippen molar-refractivity contribution in [3.63, 3.8) is 0 Å². The summed E-state index contributed by atoms with van der Waals surface area (Å²) in [7, 11) is 4.19. The minimum Gasteiger partial charge on any atom is -0.341 e. The maximum absolute atomic E-state index is 4.70. The molecule has 0 fully saturated rings. The van der Waals surface area contributed by atoms with Crippen LogP contribution < -0.4 is 0 Å². The van der Waals surface area contributed by atoms with Crippen molar-refractivity contribution < 1.29 is 0 Å². The Balaban J connectivity index is 0.00000139. The summed E-state index contributed by atoms with van der Waals surface area (Å²) in [5, 5.41) is 0. The Morgan fingerprint density at radius 2 is 1.92 bits per heavy atom. The van der Waals surface area contributed by atoms with Gasteiger partial charge in [0.15, 0.2) is 5.96 Å². The molecule has 0 saturated heterocycles. The highest BCUT2D eigenvalue weighted by atomic mass is 15.4. The molecule has 3 heteroatoms. The summed E-state index contributed by atoms with van der Waals surface area (Å²) in [5.41, 5.74) is 2.33. The molecular formula is C21H31N3. The van der Waals surface area contributed by atoms with E-state index in [1.807, 2.05) is 38.1 Å². The van der Waals surface area contributed by atoms with Crippen LogP contribution >= 0.6 is 0 Å². The zero-order valence-corrected chi connectivity index (χ0v) is 15.7. The van der Waals surface area contributed by atoms with Gasteiger partial charge in [0, 0.05) is 20.1 Å². The molecule has 2 unspecified atom stereocenters. The number of aliphatic imine (C=N–C) groups is 1. The number of hydrogen-bond acceptors (Lipinski definition) is 3. The Labute approximate surface area is 147 Å². The maximum atomic E-state index is 4.70. The number of guanidine groups is 1. The van der Waals surface area contributed by atoms with E-state index in [1.54, 1.807) is 0 Å². The van der Waals surface area contributed by atoms with E-state index in [1.165, 1.54) is 5.56 Å². The quantitative estimate of drug-likeness (QED) is 0.732. The highest BCUT2D eigenvalue weighted by Crippen LogP contribution is 2.30. The van der Waals surface area contributed by atoms with Crippen LogP contribution in [0.15, 0.2) is 72.3 Å². The number of allylic oxidation sites excluding steroid dienone is 2. The average Bonchev–Trinajstić information content (AvgIpc) is 2.96. The molecule has 0 aliphatic carbocycles. The number of benzene rings is 1. The summed E-state index contributed by atoms with van der Waals surface area (Å²) in [4.78, 5) is 9.15. The minimum atomic E-state index is 0.0724. The van der Waals surface area contributed by atoms with Crippen molar-refractivity contribution in [3.8, 4) is 0 Å². The first-order chi connectivity index (χ1) is 11.6. The monoisotopic (exact) mass is 325 g/mol. The SMILES string of the molecule is C=C/C=C(\C=C)C(c1ccccc1)N(C)C1=NCC(C)N1C.CC. The lowest BCUT2D eigenvalue weighted by Gasteiger charge is -2.35. The van der Waals surface area contributed by atoms with E-state index in [-0.39, 0.29) is 6.04 Å². The Hall–Kier alpha value is -2.29. The predicted octanol–water partition coefficient (Wildman–Crippen LogP) is 4.67. The largest absolute Gasteiger partial charge is 0.341 e. The van der Waals surface area contributed by atoms with Gasteiger partial charge in [0.2, 0.25) is 0 Å². The highest BCUT2D eigenvalue weighted by molar-refractivity contribution is 5.82.